The minimum Gasteiger partial charge on any atom is -0.394 e. The summed E-state index contributed by atoms with van der Waals surface area (Å²) < 4.78 is 22.8. The number of aliphatic hydroxyl groups excluding tert-OH is 8. The molecule has 0 radical (unpaired) electrons. The number of ether oxygens (including phenoxy) is 4. The van der Waals surface area contributed by atoms with E-state index in [9.17, 15) is 45.6 Å². The van der Waals surface area contributed by atoms with Crippen LogP contribution in [-0.2, 0) is 23.7 Å². The van der Waals surface area contributed by atoms with Crippen LogP contribution >= 0.6 is 0 Å². The van der Waals surface area contributed by atoms with Crippen LogP contribution in [0.25, 0.3) is 0 Å². The van der Waals surface area contributed by atoms with E-state index in [4.69, 9.17) is 18.9 Å². The molecule has 12 unspecified atom stereocenters. The highest BCUT2D eigenvalue weighted by Gasteiger charge is 2.51. The molecule has 76 heavy (non-hydrogen) atoms. The minimum atomic E-state index is -1.79. The summed E-state index contributed by atoms with van der Waals surface area (Å²) in [6.07, 6.45) is 45.0. The van der Waals surface area contributed by atoms with Crippen molar-refractivity contribution >= 4 is 5.91 Å². The predicted molar refractivity (Wildman–Crippen MR) is 304 cm³/mol. The maximum Gasteiger partial charge on any atom is 0.220 e. The van der Waals surface area contributed by atoms with Gasteiger partial charge in [-0.3, -0.25) is 4.79 Å². The average molecular weight is 1080 g/mol. The largest absolute Gasteiger partial charge is 0.394 e. The lowest BCUT2D eigenvalue weighted by atomic mass is 9.97. The van der Waals surface area contributed by atoms with Gasteiger partial charge in [0.1, 0.15) is 48.8 Å². The van der Waals surface area contributed by atoms with Crippen molar-refractivity contribution in [3.05, 3.63) is 72.9 Å². The summed E-state index contributed by atoms with van der Waals surface area (Å²) in [6, 6.07) is -0.930. The fourth-order valence-corrected chi connectivity index (χ4v) is 9.55. The molecule has 0 aliphatic carbocycles. The van der Waals surface area contributed by atoms with Gasteiger partial charge in [0.2, 0.25) is 5.91 Å². The Morgan fingerprint density at radius 3 is 1.39 bits per heavy atom. The summed E-state index contributed by atoms with van der Waals surface area (Å²) in [6.45, 7) is 2.68. The molecule has 0 saturated carbocycles. The standard InChI is InChI=1S/C62H109NO13/c1-3-5-7-9-11-13-15-17-19-21-23-25-27-29-31-33-35-37-39-41-43-45-51(66)50(49-73-61-59(72)57(70)60(53(48-65)75-61)76-62-58(71)56(69)55(68)52(47-64)74-62)63-54(67)46-44-42-40-38-36-34-32-30-28-26-24-22-20-18-16-14-12-10-8-6-4-2/h6,8,12,14,18,20,24,26,30,32,43,45,50-53,55-62,64-66,68-72H,3-5,7,9-11,13,15-17,19,21-23,25,27-29,31,33-42,44,46-49H2,1-2H3,(H,63,67)/b8-6-,14-12-,20-18-,26-24-,32-30-,45-43+. The van der Waals surface area contributed by atoms with Crippen molar-refractivity contribution in [2.75, 3.05) is 19.8 Å². The SMILES string of the molecule is CC/C=C\C/C=C\C/C=C\C/C=C\C/C=C\CCCCCCCC(=O)NC(COC1OC(CO)C(OC2OC(CO)C(O)C(O)C2O)C(O)C1O)C(O)/C=C/CCCCCCCCCCCCCCCCCCCCC. The van der Waals surface area contributed by atoms with E-state index in [1.165, 1.54) is 109 Å². The van der Waals surface area contributed by atoms with Crippen LogP contribution in [0, 0.1) is 0 Å². The first-order valence-electron chi connectivity index (χ1n) is 30.2. The Hall–Kier alpha value is -2.57. The van der Waals surface area contributed by atoms with Crippen LogP contribution < -0.4 is 5.32 Å². The normalized spacial score (nSPS) is 25.4. The Bertz CT molecular complexity index is 1550. The number of unbranched alkanes of at least 4 members (excludes halogenated alkanes) is 24. The van der Waals surface area contributed by atoms with Gasteiger partial charge in [0.25, 0.3) is 0 Å². The molecule has 9 N–H and O–H groups in total. The number of amides is 1. The molecule has 0 bridgehead atoms. The van der Waals surface area contributed by atoms with Crippen molar-refractivity contribution in [3.63, 3.8) is 0 Å². The molecule has 0 aromatic carbocycles. The smallest absolute Gasteiger partial charge is 0.220 e. The van der Waals surface area contributed by atoms with Crippen molar-refractivity contribution in [1.29, 1.82) is 0 Å². The first kappa shape index (κ1) is 69.5. The quantitative estimate of drug-likeness (QED) is 0.0204. The number of carbonyl (C=O) groups excluding carboxylic acids is 1. The summed E-state index contributed by atoms with van der Waals surface area (Å²) in [7, 11) is 0. The fraction of sp³-hybridized carbons (Fsp3) is 0.790. The number of hydrogen-bond donors (Lipinski definition) is 9. The Labute approximate surface area is 459 Å². The van der Waals surface area contributed by atoms with E-state index in [1.807, 2.05) is 6.08 Å². The van der Waals surface area contributed by atoms with Crippen LogP contribution in [0.15, 0.2) is 72.9 Å². The zero-order valence-electron chi connectivity index (χ0n) is 47.2. The fourth-order valence-electron chi connectivity index (χ4n) is 9.55. The Morgan fingerprint density at radius 1 is 0.487 bits per heavy atom. The lowest BCUT2D eigenvalue weighted by Crippen LogP contribution is -2.65. The van der Waals surface area contributed by atoms with Crippen molar-refractivity contribution < 1.29 is 64.6 Å². The predicted octanol–water partition coefficient (Wildman–Crippen LogP) is 10.3. The van der Waals surface area contributed by atoms with Gasteiger partial charge in [-0.25, -0.2) is 0 Å². The third-order valence-electron chi connectivity index (χ3n) is 14.4. The molecule has 2 rings (SSSR count). The van der Waals surface area contributed by atoms with Gasteiger partial charge in [0, 0.05) is 6.42 Å². The average Bonchev–Trinajstić information content (AvgIpc) is 3.42. The second-order valence-corrected chi connectivity index (χ2v) is 21.1. The van der Waals surface area contributed by atoms with Gasteiger partial charge in [-0.1, -0.05) is 222 Å². The van der Waals surface area contributed by atoms with E-state index in [0.29, 0.717) is 6.42 Å². The summed E-state index contributed by atoms with van der Waals surface area (Å²) >= 11 is 0. The van der Waals surface area contributed by atoms with Crippen LogP contribution in [0.2, 0.25) is 0 Å². The lowest BCUT2D eigenvalue weighted by Gasteiger charge is -2.46. The van der Waals surface area contributed by atoms with Gasteiger partial charge in [-0.15, -0.1) is 0 Å². The molecule has 14 heteroatoms. The van der Waals surface area contributed by atoms with Gasteiger partial charge in [-0.2, -0.15) is 0 Å². The monoisotopic (exact) mass is 1080 g/mol. The zero-order valence-corrected chi connectivity index (χ0v) is 47.2. The molecule has 2 saturated heterocycles. The molecule has 2 fully saturated rings. The third kappa shape index (κ3) is 32.5. The maximum atomic E-state index is 13.3. The summed E-state index contributed by atoms with van der Waals surface area (Å²) in [5.41, 5.74) is 0. The second kappa shape index (κ2) is 47.3. The number of hydrogen-bond acceptors (Lipinski definition) is 13. The summed E-state index contributed by atoms with van der Waals surface area (Å²) in [5, 5.41) is 87.1. The molecule has 0 aromatic heterocycles. The first-order chi connectivity index (χ1) is 37.1. The Morgan fingerprint density at radius 2 is 0.908 bits per heavy atom. The zero-order chi connectivity index (χ0) is 55.3. The maximum absolute atomic E-state index is 13.3. The van der Waals surface area contributed by atoms with E-state index in [1.54, 1.807) is 6.08 Å². The van der Waals surface area contributed by atoms with E-state index in [-0.39, 0.29) is 18.9 Å². The van der Waals surface area contributed by atoms with Crippen molar-refractivity contribution in [2.45, 2.75) is 293 Å². The summed E-state index contributed by atoms with van der Waals surface area (Å²) in [4.78, 5) is 13.3. The van der Waals surface area contributed by atoms with E-state index in [0.717, 1.165) is 83.5 Å². The van der Waals surface area contributed by atoms with Crippen LogP contribution in [0.3, 0.4) is 0 Å². The molecule has 2 heterocycles. The molecule has 0 aromatic rings. The highest BCUT2D eigenvalue weighted by molar-refractivity contribution is 5.76. The van der Waals surface area contributed by atoms with E-state index < -0.39 is 86.8 Å². The minimum absolute atomic E-state index is 0.256. The summed E-state index contributed by atoms with van der Waals surface area (Å²) in [5.74, 6) is -0.259. The molecule has 12 atom stereocenters. The van der Waals surface area contributed by atoms with Crippen LogP contribution in [0.1, 0.15) is 219 Å². The topological polar surface area (TPSA) is 228 Å². The number of nitrogens with one attached hydrogen (secondary N) is 1. The third-order valence-corrected chi connectivity index (χ3v) is 14.4. The molecule has 440 valence electrons. The van der Waals surface area contributed by atoms with Crippen LogP contribution in [0.5, 0.6) is 0 Å². The molecule has 2 aliphatic rings. The van der Waals surface area contributed by atoms with Gasteiger partial charge in [-0.05, 0) is 64.2 Å². The number of aliphatic hydroxyl groups is 8. The van der Waals surface area contributed by atoms with Crippen molar-refractivity contribution in [3.8, 4) is 0 Å². The van der Waals surface area contributed by atoms with E-state index >= 15 is 0 Å². The van der Waals surface area contributed by atoms with Gasteiger partial charge >= 0.3 is 0 Å². The molecular weight excluding hydrogens is 967 g/mol. The van der Waals surface area contributed by atoms with E-state index in [2.05, 4.69) is 79.9 Å². The van der Waals surface area contributed by atoms with Gasteiger partial charge in [0.05, 0.1) is 32.0 Å². The molecule has 1 amide bonds. The van der Waals surface area contributed by atoms with Crippen LogP contribution in [-0.4, -0.2) is 140 Å². The highest BCUT2D eigenvalue weighted by Crippen LogP contribution is 2.30. The Balaban J connectivity index is 1.79. The lowest BCUT2D eigenvalue weighted by molar-refractivity contribution is -0.359. The highest BCUT2D eigenvalue weighted by atomic mass is 16.7. The number of rotatable bonds is 47. The molecule has 0 spiro atoms. The number of carbonyl (C=O) groups is 1. The van der Waals surface area contributed by atoms with Crippen LogP contribution in [0.4, 0.5) is 0 Å². The molecule has 14 nitrogen and oxygen atoms in total. The Kier molecular flexibility index (Phi) is 43.2. The van der Waals surface area contributed by atoms with Crippen molar-refractivity contribution in [1.82, 2.24) is 5.32 Å². The van der Waals surface area contributed by atoms with Gasteiger partial charge < -0.3 is 65.1 Å². The van der Waals surface area contributed by atoms with Crippen molar-refractivity contribution in [2.24, 2.45) is 0 Å². The second-order valence-electron chi connectivity index (χ2n) is 21.1. The molecule has 2 aliphatic heterocycles. The first-order valence-corrected chi connectivity index (χ1v) is 30.2. The number of allylic oxidation sites excluding steroid dienone is 11. The van der Waals surface area contributed by atoms with Gasteiger partial charge in [0.15, 0.2) is 12.6 Å². The molecular formula is C62H109NO13.